The lowest BCUT2D eigenvalue weighted by molar-refractivity contribution is 0.317. The molecule has 1 aromatic heterocycles. The number of aryl methyl sites for hydroxylation is 1. The van der Waals surface area contributed by atoms with Gasteiger partial charge >= 0.3 is 0 Å². The van der Waals surface area contributed by atoms with Gasteiger partial charge in [0.25, 0.3) is 0 Å². The highest BCUT2D eigenvalue weighted by Crippen LogP contribution is 2.31. The van der Waals surface area contributed by atoms with E-state index in [0.29, 0.717) is 0 Å². The van der Waals surface area contributed by atoms with Crippen LogP contribution in [0.5, 0.6) is 0 Å². The van der Waals surface area contributed by atoms with Gasteiger partial charge in [0.15, 0.2) is 0 Å². The van der Waals surface area contributed by atoms with Crippen molar-refractivity contribution < 1.29 is 4.42 Å². The van der Waals surface area contributed by atoms with Crippen LogP contribution in [0.3, 0.4) is 0 Å². The van der Waals surface area contributed by atoms with Crippen LogP contribution in [0.2, 0.25) is 0 Å². The molecule has 108 valence electrons. The Morgan fingerprint density at radius 3 is 2.80 bits per heavy atom. The van der Waals surface area contributed by atoms with Crippen molar-refractivity contribution in [3.63, 3.8) is 0 Å². The van der Waals surface area contributed by atoms with Crippen molar-refractivity contribution >= 4 is 11.0 Å². The van der Waals surface area contributed by atoms with Gasteiger partial charge in [0, 0.05) is 5.39 Å². The van der Waals surface area contributed by atoms with Gasteiger partial charge in [-0.15, -0.1) is 0 Å². The summed E-state index contributed by atoms with van der Waals surface area (Å²) in [6.45, 7) is 2.11. The van der Waals surface area contributed by atoms with E-state index in [2.05, 4.69) is 25.1 Å². The van der Waals surface area contributed by atoms with Crippen LogP contribution in [0.1, 0.15) is 62.3 Å². The number of nitrogens with two attached hydrogens (primary N) is 1. The van der Waals surface area contributed by atoms with Gasteiger partial charge in [-0.2, -0.15) is 0 Å². The Labute approximate surface area is 121 Å². The Morgan fingerprint density at radius 1 is 1.20 bits per heavy atom. The molecule has 2 nitrogen and oxygen atoms in total. The number of benzene rings is 1. The predicted molar refractivity (Wildman–Crippen MR) is 83.7 cm³/mol. The number of hydrogen-bond donors (Lipinski definition) is 1. The first-order valence-electron chi connectivity index (χ1n) is 7.98. The maximum atomic E-state index is 6.32. The molecule has 1 atom stereocenters. The normalized spacial score (nSPS) is 18.5. The largest absolute Gasteiger partial charge is 0.459 e. The second-order valence-electron chi connectivity index (χ2n) is 6.38. The second kappa shape index (κ2) is 6.01. The van der Waals surface area contributed by atoms with Gasteiger partial charge in [0.1, 0.15) is 11.3 Å². The number of furan rings is 1. The lowest BCUT2D eigenvalue weighted by atomic mass is 9.85. The van der Waals surface area contributed by atoms with Crippen molar-refractivity contribution in [2.45, 2.75) is 57.9 Å². The first kappa shape index (κ1) is 13.7. The predicted octanol–water partition coefficient (Wildman–Crippen LogP) is 5.10. The highest BCUT2D eigenvalue weighted by atomic mass is 16.3. The van der Waals surface area contributed by atoms with Gasteiger partial charge in [-0.1, -0.05) is 43.7 Å². The van der Waals surface area contributed by atoms with Crippen LogP contribution in [-0.4, -0.2) is 0 Å². The van der Waals surface area contributed by atoms with Crippen molar-refractivity contribution in [1.82, 2.24) is 0 Å². The molecule has 1 saturated carbocycles. The molecule has 1 aromatic carbocycles. The summed E-state index contributed by atoms with van der Waals surface area (Å²) in [6.07, 6.45) is 9.32. The maximum absolute atomic E-state index is 6.32. The minimum atomic E-state index is 0.0460. The van der Waals surface area contributed by atoms with E-state index in [0.717, 1.165) is 23.7 Å². The van der Waals surface area contributed by atoms with Crippen molar-refractivity contribution in [2.75, 3.05) is 0 Å². The van der Waals surface area contributed by atoms with Crippen LogP contribution < -0.4 is 5.73 Å². The fraction of sp³-hybridized carbons (Fsp3) is 0.556. The van der Waals surface area contributed by atoms with Gasteiger partial charge in [0.2, 0.25) is 0 Å². The highest BCUT2D eigenvalue weighted by Gasteiger charge is 2.17. The lowest BCUT2D eigenvalue weighted by Gasteiger charge is -2.22. The first-order valence-corrected chi connectivity index (χ1v) is 7.98. The van der Waals surface area contributed by atoms with Crippen LogP contribution in [0.4, 0.5) is 0 Å². The van der Waals surface area contributed by atoms with Crippen molar-refractivity contribution in [3.05, 3.63) is 35.6 Å². The Bertz CT molecular complexity index is 566. The van der Waals surface area contributed by atoms with Crippen LogP contribution in [0.15, 0.2) is 28.7 Å². The van der Waals surface area contributed by atoms with E-state index < -0.39 is 0 Å². The topological polar surface area (TPSA) is 39.2 Å². The lowest BCUT2D eigenvalue weighted by Crippen LogP contribution is -2.13. The smallest absolute Gasteiger partial charge is 0.134 e. The zero-order valence-electron chi connectivity index (χ0n) is 12.4. The summed E-state index contributed by atoms with van der Waals surface area (Å²) in [7, 11) is 0. The van der Waals surface area contributed by atoms with E-state index in [1.165, 1.54) is 49.5 Å². The van der Waals surface area contributed by atoms with Gasteiger partial charge in [0.05, 0.1) is 6.04 Å². The van der Waals surface area contributed by atoms with Gasteiger partial charge in [-0.25, -0.2) is 0 Å². The van der Waals surface area contributed by atoms with E-state index in [4.69, 9.17) is 10.2 Å². The molecule has 0 spiro atoms. The molecule has 2 aromatic rings. The van der Waals surface area contributed by atoms with Crippen molar-refractivity contribution in [1.29, 1.82) is 0 Å². The Balaban J connectivity index is 1.64. The summed E-state index contributed by atoms with van der Waals surface area (Å²) in [6, 6.07) is 8.46. The number of fused-ring (bicyclic) bond motifs is 1. The van der Waals surface area contributed by atoms with E-state index in [9.17, 15) is 0 Å². The summed E-state index contributed by atoms with van der Waals surface area (Å²) in [5.41, 5.74) is 8.54. The molecule has 0 saturated heterocycles. The minimum Gasteiger partial charge on any atom is -0.459 e. The maximum Gasteiger partial charge on any atom is 0.134 e. The van der Waals surface area contributed by atoms with E-state index in [1.54, 1.807) is 0 Å². The quantitative estimate of drug-likeness (QED) is 0.840. The number of hydrogen-bond acceptors (Lipinski definition) is 2. The summed E-state index contributed by atoms with van der Waals surface area (Å²) in [5.74, 6) is 1.84. The molecule has 1 aliphatic carbocycles. The molecule has 0 amide bonds. The second-order valence-corrected chi connectivity index (χ2v) is 6.38. The van der Waals surface area contributed by atoms with Gasteiger partial charge < -0.3 is 10.2 Å². The summed E-state index contributed by atoms with van der Waals surface area (Å²) < 4.78 is 5.90. The van der Waals surface area contributed by atoms with Crippen LogP contribution in [-0.2, 0) is 0 Å². The molecule has 3 rings (SSSR count). The average Bonchev–Trinajstić information content (AvgIpc) is 2.89. The molecule has 2 heteroatoms. The van der Waals surface area contributed by atoms with Crippen LogP contribution in [0, 0.1) is 12.8 Å². The molecule has 20 heavy (non-hydrogen) atoms. The highest BCUT2D eigenvalue weighted by molar-refractivity contribution is 5.78. The third-order valence-electron chi connectivity index (χ3n) is 4.67. The van der Waals surface area contributed by atoms with Crippen LogP contribution >= 0.6 is 0 Å². The Kier molecular flexibility index (Phi) is 4.11. The molecule has 0 radical (unpaired) electrons. The molecule has 1 fully saturated rings. The monoisotopic (exact) mass is 271 g/mol. The first-order chi connectivity index (χ1) is 9.72. The summed E-state index contributed by atoms with van der Waals surface area (Å²) in [4.78, 5) is 0. The average molecular weight is 271 g/mol. The fourth-order valence-electron chi connectivity index (χ4n) is 3.40. The zero-order valence-corrected chi connectivity index (χ0v) is 12.4. The van der Waals surface area contributed by atoms with Gasteiger partial charge in [-0.3, -0.25) is 0 Å². The van der Waals surface area contributed by atoms with Crippen molar-refractivity contribution in [2.24, 2.45) is 11.7 Å². The third-order valence-corrected chi connectivity index (χ3v) is 4.67. The molecule has 1 heterocycles. The molecule has 0 bridgehead atoms. The van der Waals surface area contributed by atoms with Crippen LogP contribution in [0.25, 0.3) is 11.0 Å². The molecule has 1 unspecified atom stereocenters. The van der Waals surface area contributed by atoms with E-state index in [1.807, 2.05) is 6.07 Å². The zero-order chi connectivity index (χ0) is 13.9. The molecular formula is C18H25NO. The standard InChI is InChI=1S/C18H25NO/c1-13-7-10-17-15(11-13)12-18(20-17)16(19)9-8-14-5-3-2-4-6-14/h7,10-12,14,16H,2-6,8-9,19H2,1H3. The number of rotatable bonds is 4. The molecule has 2 N–H and O–H groups in total. The molecule has 1 aliphatic rings. The Hall–Kier alpha value is -1.28. The van der Waals surface area contributed by atoms with E-state index >= 15 is 0 Å². The summed E-state index contributed by atoms with van der Waals surface area (Å²) in [5, 5.41) is 1.17. The molecular weight excluding hydrogens is 246 g/mol. The van der Waals surface area contributed by atoms with Gasteiger partial charge in [-0.05, 0) is 43.9 Å². The minimum absolute atomic E-state index is 0.0460. The Morgan fingerprint density at radius 2 is 2.00 bits per heavy atom. The summed E-state index contributed by atoms with van der Waals surface area (Å²) >= 11 is 0. The van der Waals surface area contributed by atoms with Crippen molar-refractivity contribution in [3.8, 4) is 0 Å². The SMILES string of the molecule is Cc1ccc2oc(C(N)CCC3CCCCC3)cc2c1. The van der Waals surface area contributed by atoms with E-state index in [-0.39, 0.29) is 6.04 Å². The third kappa shape index (κ3) is 3.06. The molecule has 0 aliphatic heterocycles. The fourth-order valence-corrected chi connectivity index (χ4v) is 3.40.